The van der Waals surface area contributed by atoms with E-state index in [1.807, 2.05) is 89.5 Å². The van der Waals surface area contributed by atoms with Crippen molar-refractivity contribution in [1.29, 1.82) is 0 Å². The Morgan fingerprint density at radius 3 is 1.34 bits per heavy atom. The van der Waals surface area contributed by atoms with Crippen LogP contribution in [0.3, 0.4) is 0 Å². The lowest BCUT2D eigenvalue weighted by Gasteiger charge is -2.13. The number of Topliss-reactive ketones (excluding diaryl/α,β-unsaturated/α-hetero) is 2. The molecule has 0 bridgehead atoms. The topological polar surface area (TPSA) is 223 Å². The van der Waals surface area contributed by atoms with Gasteiger partial charge in [0.2, 0.25) is 0 Å². The van der Waals surface area contributed by atoms with Crippen molar-refractivity contribution in [3.05, 3.63) is 290 Å². The molecule has 18 heteroatoms. The minimum absolute atomic E-state index is 0.0759. The first-order chi connectivity index (χ1) is 39.7. The van der Waals surface area contributed by atoms with Gasteiger partial charge in [-0.15, -0.1) is 0 Å². The van der Waals surface area contributed by atoms with Crippen LogP contribution in [-0.2, 0) is 25.9 Å². The molecule has 82 heavy (non-hydrogen) atoms. The average Bonchev–Trinajstić information content (AvgIpc) is 4.15. The molecule has 0 fully saturated rings. The summed E-state index contributed by atoms with van der Waals surface area (Å²) in [7, 11) is 0. The van der Waals surface area contributed by atoms with Gasteiger partial charge in [-0.1, -0.05) is 132 Å². The summed E-state index contributed by atoms with van der Waals surface area (Å²) < 4.78 is 5.60. The van der Waals surface area contributed by atoms with Crippen molar-refractivity contribution in [3.63, 3.8) is 0 Å². The number of nitro benzene ring substituents is 1. The molecule has 0 atom stereocenters. The Morgan fingerprint density at radius 1 is 0.476 bits per heavy atom. The summed E-state index contributed by atoms with van der Waals surface area (Å²) >= 11 is 12.8. The van der Waals surface area contributed by atoms with Crippen molar-refractivity contribution < 1.29 is 14.5 Å². The molecule has 8 aromatic carbocycles. The number of non-ortho nitro benzene ring substituents is 1. The summed E-state index contributed by atoms with van der Waals surface area (Å²) in [6.07, 6.45) is 1.21. The van der Waals surface area contributed by atoms with Crippen molar-refractivity contribution in [2.75, 3.05) is 5.73 Å². The van der Waals surface area contributed by atoms with Crippen LogP contribution in [0.1, 0.15) is 56.1 Å². The third-order valence-corrected chi connectivity index (χ3v) is 14.8. The summed E-state index contributed by atoms with van der Waals surface area (Å²) in [5.74, 6) is -0.499. The lowest BCUT2D eigenvalue weighted by atomic mass is 10.0. The fourth-order valence-electron chi connectivity index (χ4n) is 10.6. The predicted octanol–water partition coefficient (Wildman–Crippen LogP) is 11.8. The highest BCUT2D eigenvalue weighted by molar-refractivity contribution is 6.32. The number of carbonyl (C=O) groups excluding carboxylic acids is 2. The second-order valence-corrected chi connectivity index (χ2v) is 20.5. The number of anilines is 1. The number of nitro groups is 1. The molecule has 4 heterocycles. The zero-order valence-corrected chi connectivity index (χ0v) is 45.1. The van der Waals surface area contributed by atoms with Crippen molar-refractivity contribution >= 4 is 89.8 Å². The highest BCUT2D eigenvalue weighted by atomic mass is 35.5. The summed E-state index contributed by atoms with van der Waals surface area (Å²) in [6, 6.07) is 56.4. The normalized spacial score (nSPS) is 11.3. The van der Waals surface area contributed by atoms with E-state index in [0.29, 0.717) is 78.9 Å². The number of nitrogens with two attached hydrogens (primary N) is 1. The van der Waals surface area contributed by atoms with Gasteiger partial charge in [0.15, 0.2) is 11.6 Å². The zero-order chi connectivity index (χ0) is 57.2. The van der Waals surface area contributed by atoms with Gasteiger partial charge in [-0.3, -0.25) is 29.3 Å². The molecule has 0 radical (unpaired) electrons. The number of nitrogens with one attached hydrogen (secondary N) is 2. The van der Waals surface area contributed by atoms with Gasteiger partial charge < -0.3 is 24.8 Å². The maximum absolute atomic E-state index is 14.1. The number of nitrogens with zero attached hydrogens (tertiary/aromatic N) is 5. The average molecular weight is 1130 g/mol. The second-order valence-electron chi connectivity index (χ2n) is 19.6. The molecule has 4 N–H and O–H groups in total. The Kier molecular flexibility index (Phi) is 15.0. The summed E-state index contributed by atoms with van der Waals surface area (Å²) in [5.41, 5.74) is 10.3. The van der Waals surface area contributed by atoms with Gasteiger partial charge in [0, 0.05) is 64.6 Å². The number of aromatic amines is 2. The predicted molar refractivity (Wildman–Crippen MR) is 322 cm³/mol. The fourth-order valence-corrected chi connectivity index (χ4v) is 10.9. The van der Waals surface area contributed by atoms with Crippen molar-refractivity contribution in [2.45, 2.75) is 38.8 Å². The lowest BCUT2D eigenvalue weighted by molar-refractivity contribution is -0.384. The molecule has 0 spiro atoms. The number of H-pyrrole nitrogens is 2. The van der Waals surface area contributed by atoms with Crippen LogP contribution in [-0.4, -0.2) is 44.7 Å². The third kappa shape index (κ3) is 10.7. The Hall–Kier alpha value is -10.2. The van der Waals surface area contributed by atoms with Gasteiger partial charge in [0.05, 0.1) is 49.1 Å². The maximum atomic E-state index is 14.1. The van der Waals surface area contributed by atoms with E-state index in [9.17, 15) is 38.9 Å². The van der Waals surface area contributed by atoms with Gasteiger partial charge in [-0.2, -0.15) is 0 Å². The van der Waals surface area contributed by atoms with E-state index in [-0.39, 0.29) is 64.8 Å². The quantitative estimate of drug-likeness (QED) is 0.0384. The van der Waals surface area contributed by atoms with Crippen LogP contribution >= 0.6 is 23.2 Å². The number of rotatable bonds is 15. The summed E-state index contributed by atoms with van der Waals surface area (Å²) in [5, 5.41) is 13.8. The molecule has 4 aromatic heterocycles. The van der Waals surface area contributed by atoms with Crippen LogP contribution in [0.15, 0.2) is 213 Å². The van der Waals surface area contributed by atoms with Gasteiger partial charge in [-0.05, 0) is 108 Å². The van der Waals surface area contributed by atoms with Crippen LogP contribution in [0.5, 0.6) is 0 Å². The number of benzene rings is 8. The maximum Gasteiger partial charge on any atom is 0.333 e. The number of hydrogen-bond donors (Lipinski definition) is 3. The fraction of sp³-hybridized carbons (Fsp3) is 0.0938. The van der Waals surface area contributed by atoms with Crippen LogP contribution < -0.4 is 28.2 Å². The molecule has 0 amide bonds. The lowest BCUT2D eigenvalue weighted by Crippen LogP contribution is -2.34. The summed E-state index contributed by atoms with van der Waals surface area (Å²) in [4.78, 5) is 99.5. The van der Waals surface area contributed by atoms with E-state index in [4.69, 9.17) is 28.9 Å². The number of carbonyl (C=O) groups is 2. The first-order valence-electron chi connectivity index (χ1n) is 26.1. The van der Waals surface area contributed by atoms with Crippen molar-refractivity contribution in [1.82, 2.24) is 28.2 Å². The van der Waals surface area contributed by atoms with E-state index in [2.05, 4.69) is 9.97 Å². The van der Waals surface area contributed by atoms with Gasteiger partial charge in [0.25, 0.3) is 16.8 Å². The molecule has 0 aliphatic rings. The van der Waals surface area contributed by atoms with Crippen LogP contribution in [0.4, 0.5) is 11.4 Å². The Morgan fingerprint density at radius 2 is 0.890 bits per heavy atom. The standard InChI is InChI=1S/C32H23ClN4O5.C32H25ClN4O3/c33-22-14-15-27-25(18-22)29(36-31(39)24-11-4-5-12-26(24)34-32(36)40)30(28(38)16-13-20-7-2-1-3-8-20)35(27)19-21-9-6-10-23(17-21)37(41)42;33-22-14-15-27-25(18-22)29(37-31(39)24-11-4-5-12-26(24)35-32(37)40)30(28(38)16-13-20-7-2-1-3-8-20)36(27)19-21-9-6-10-23(34)17-21/h1-12,14-15,17-18H,13,16,19H2,(H,34,40);1-12,14-15,17-18H,13,16,19,34H2,(H,35,40). The number of aryl methyl sites for hydroxylation is 2. The van der Waals surface area contributed by atoms with E-state index in [1.165, 1.54) is 12.1 Å². The number of hydrogen-bond acceptors (Lipinski definition) is 9. The van der Waals surface area contributed by atoms with Gasteiger partial charge in [-0.25, -0.2) is 18.7 Å². The highest BCUT2D eigenvalue weighted by Crippen LogP contribution is 2.35. The number of ketones is 2. The molecule has 0 saturated carbocycles. The zero-order valence-electron chi connectivity index (χ0n) is 43.6. The molecule has 406 valence electrons. The summed E-state index contributed by atoms with van der Waals surface area (Å²) in [6.45, 7) is 0.377. The van der Waals surface area contributed by atoms with Crippen molar-refractivity contribution in [2.24, 2.45) is 0 Å². The number of fused-ring (bicyclic) bond motifs is 4. The minimum atomic E-state index is -0.704. The van der Waals surface area contributed by atoms with E-state index in [0.717, 1.165) is 25.8 Å². The van der Waals surface area contributed by atoms with Crippen LogP contribution in [0, 0.1) is 10.1 Å². The Bertz CT molecular complexity index is 4750. The van der Waals surface area contributed by atoms with E-state index < -0.39 is 27.4 Å². The second kappa shape index (κ2) is 22.9. The van der Waals surface area contributed by atoms with Crippen LogP contribution in [0.25, 0.3) is 55.0 Å². The number of para-hydroxylation sites is 2. The van der Waals surface area contributed by atoms with Crippen molar-refractivity contribution in [3.8, 4) is 11.4 Å². The molecule has 0 aliphatic heterocycles. The number of nitrogen functional groups attached to an aromatic ring is 1. The Labute approximate surface area is 475 Å². The number of aromatic nitrogens is 6. The SMILES string of the molecule is Nc1cccc(Cn2c(C(=O)CCc3ccccc3)c(-n3c(=O)[nH]c4ccccc4c3=O)c3cc(Cl)ccc32)c1.O=C(CCc1ccccc1)c1c(-n2c(=O)[nH]c3ccccc3c2=O)c2cc(Cl)ccc2n1Cc1cccc([N+](=O)[O-])c1. The Balaban J connectivity index is 0.000000172. The molecule has 0 saturated heterocycles. The van der Waals surface area contributed by atoms with Gasteiger partial charge in [0.1, 0.15) is 11.4 Å². The van der Waals surface area contributed by atoms with E-state index >= 15 is 0 Å². The van der Waals surface area contributed by atoms with Crippen LogP contribution in [0.2, 0.25) is 10.0 Å². The first-order valence-corrected chi connectivity index (χ1v) is 26.8. The molecular formula is C64H48Cl2N8O8. The first kappa shape index (κ1) is 53.8. The smallest absolute Gasteiger partial charge is 0.333 e. The molecule has 0 unspecified atom stereocenters. The molecular weight excluding hydrogens is 1080 g/mol. The minimum Gasteiger partial charge on any atom is -0.399 e. The molecule has 12 aromatic rings. The third-order valence-electron chi connectivity index (χ3n) is 14.3. The molecule has 12 rings (SSSR count). The molecule has 16 nitrogen and oxygen atoms in total. The van der Waals surface area contributed by atoms with Gasteiger partial charge >= 0.3 is 11.4 Å². The highest BCUT2D eigenvalue weighted by Gasteiger charge is 2.29. The largest absolute Gasteiger partial charge is 0.399 e. The molecule has 0 aliphatic carbocycles. The van der Waals surface area contributed by atoms with E-state index in [1.54, 1.807) is 102 Å². The number of halogens is 2. The monoisotopic (exact) mass is 1130 g/mol.